The third kappa shape index (κ3) is 3.94. The van der Waals surface area contributed by atoms with Crippen molar-refractivity contribution in [3.05, 3.63) is 65.7 Å². The Morgan fingerprint density at radius 2 is 1.96 bits per heavy atom. The Balaban J connectivity index is 1.53. The summed E-state index contributed by atoms with van der Waals surface area (Å²) in [6.45, 7) is 3.50. The molecule has 0 bridgehead atoms. The highest BCUT2D eigenvalue weighted by Gasteiger charge is 2.31. The molecule has 1 amide bonds. The smallest absolute Gasteiger partial charge is 0.237 e. The third-order valence-electron chi connectivity index (χ3n) is 4.71. The highest BCUT2D eigenvalue weighted by Crippen LogP contribution is 2.41. The second-order valence-electron chi connectivity index (χ2n) is 7.00. The lowest BCUT2D eigenvalue weighted by Gasteiger charge is -2.14. The van der Waals surface area contributed by atoms with Crippen molar-refractivity contribution in [2.45, 2.75) is 43.0 Å². The van der Waals surface area contributed by atoms with Crippen LogP contribution in [-0.4, -0.2) is 25.9 Å². The Bertz CT molecular complexity index is 1000. The van der Waals surface area contributed by atoms with E-state index in [1.807, 2.05) is 41.8 Å². The van der Waals surface area contributed by atoms with Gasteiger partial charge in [-0.2, -0.15) is 0 Å². The van der Waals surface area contributed by atoms with Crippen LogP contribution < -0.4 is 5.32 Å². The van der Waals surface area contributed by atoms with E-state index in [-0.39, 0.29) is 11.7 Å². The molecule has 144 valence electrons. The summed E-state index contributed by atoms with van der Waals surface area (Å²) in [5.74, 6) is 0.837. The van der Waals surface area contributed by atoms with Gasteiger partial charge in [-0.15, -0.1) is 10.2 Å². The Labute approximate surface area is 167 Å². The van der Waals surface area contributed by atoms with Gasteiger partial charge in [0.25, 0.3) is 0 Å². The highest BCUT2D eigenvalue weighted by atomic mass is 32.2. The third-order valence-corrected chi connectivity index (χ3v) is 5.75. The van der Waals surface area contributed by atoms with Gasteiger partial charge >= 0.3 is 0 Å². The molecule has 0 radical (unpaired) electrons. The lowest BCUT2D eigenvalue weighted by atomic mass is 10.2. The molecular formula is C21H21FN4OS. The fraction of sp³-hybridized carbons (Fsp3) is 0.286. The molecule has 0 aliphatic heterocycles. The van der Waals surface area contributed by atoms with Crippen molar-refractivity contribution in [1.29, 1.82) is 0 Å². The number of amides is 1. The van der Waals surface area contributed by atoms with E-state index >= 15 is 0 Å². The van der Waals surface area contributed by atoms with E-state index in [4.69, 9.17) is 0 Å². The van der Waals surface area contributed by atoms with Crippen LogP contribution in [0.4, 0.5) is 10.1 Å². The summed E-state index contributed by atoms with van der Waals surface area (Å²) in [5.41, 5.74) is 1.98. The second-order valence-corrected chi connectivity index (χ2v) is 8.31. The van der Waals surface area contributed by atoms with Gasteiger partial charge in [0.1, 0.15) is 11.6 Å². The molecule has 1 aromatic heterocycles. The fourth-order valence-electron chi connectivity index (χ4n) is 2.91. The average molecular weight is 396 g/mol. The fourth-order valence-corrected chi connectivity index (χ4v) is 3.78. The lowest BCUT2D eigenvalue weighted by molar-refractivity contribution is -0.115. The molecule has 1 aliphatic carbocycles. The van der Waals surface area contributed by atoms with Crippen molar-refractivity contribution in [3.63, 3.8) is 0 Å². The monoisotopic (exact) mass is 396 g/mol. The van der Waals surface area contributed by atoms with Crippen LogP contribution in [0.1, 0.15) is 37.1 Å². The van der Waals surface area contributed by atoms with Crippen molar-refractivity contribution in [2.75, 3.05) is 5.32 Å². The van der Waals surface area contributed by atoms with Crippen LogP contribution in [0.5, 0.6) is 0 Å². The van der Waals surface area contributed by atoms with Crippen molar-refractivity contribution < 1.29 is 9.18 Å². The predicted molar refractivity (Wildman–Crippen MR) is 108 cm³/mol. The molecule has 4 rings (SSSR count). The molecule has 2 aromatic carbocycles. The minimum absolute atomic E-state index is 0.205. The first-order valence-corrected chi connectivity index (χ1v) is 10.2. The zero-order chi connectivity index (χ0) is 19.7. The lowest BCUT2D eigenvalue weighted by Crippen LogP contribution is -2.23. The van der Waals surface area contributed by atoms with E-state index in [0.29, 0.717) is 22.3 Å². The Morgan fingerprint density at radius 3 is 2.64 bits per heavy atom. The zero-order valence-corrected chi connectivity index (χ0v) is 16.5. The molecule has 3 aromatic rings. The van der Waals surface area contributed by atoms with E-state index < -0.39 is 5.25 Å². The van der Waals surface area contributed by atoms with Crippen LogP contribution in [-0.2, 0) is 4.79 Å². The number of halogens is 1. The van der Waals surface area contributed by atoms with Crippen LogP contribution in [0.2, 0.25) is 0 Å². The van der Waals surface area contributed by atoms with Crippen LogP contribution in [0.3, 0.4) is 0 Å². The van der Waals surface area contributed by atoms with Gasteiger partial charge < -0.3 is 5.32 Å². The number of nitrogens with zero attached hydrogens (tertiary/aromatic N) is 3. The molecule has 1 heterocycles. The molecule has 28 heavy (non-hydrogen) atoms. The molecule has 0 unspecified atom stereocenters. The van der Waals surface area contributed by atoms with Crippen LogP contribution in [0.25, 0.3) is 5.69 Å². The van der Waals surface area contributed by atoms with Crippen molar-refractivity contribution in [1.82, 2.24) is 14.8 Å². The summed E-state index contributed by atoms with van der Waals surface area (Å²) < 4.78 is 15.8. The van der Waals surface area contributed by atoms with E-state index in [2.05, 4.69) is 15.5 Å². The van der Waals surface area contributed by atoms with Gasteiger partial charge in [0.05, 0.1) is 5.25 Å². The molecule has 0 saturated heterocycles. The Morgan fingerprint density at radius 1 is 1.21 bits per heavy atom. The SMILES string of the molecule is Cc1ccc(NC(=O)[C@H](C)Sc2nnc(C3CC3)n2-c2ccccc2)cc1F. The molecule has 1 fully saturated rings. The number of hydrogen-bond donors (Lipinski definition) is 1. The van der Waals surface area contributed by atoms with Gasteiger partial charge in [0.2, 0.25) is 5.91 Å². The van der Waals surface area contributed by atoms with Crippen molar-refractivity contribution in [2.24, 2.45) is 0 Å². The number of para-hydroxylation sites is 1. The zero-order valence-electron chi connectivity index (χ0n) is 15.7. The molecular weight excluding hydrogens is 375 g/mol. The minimum Gasteiger partial charge on any atom is -0.325 e. The van der Waals surface area contributed by atoms with Gasteiger partial charge in [-0.3, -0.25) is 9.36 Å². The minimum atomic E-state index is -0.414. The number of thioether (sulfide) groups is 1. The summed E-state index contributed by atoms with van der Waals surface area (Å²) >= 11 is 1.35. The number of rotatable bonds is 6. The van der Waals surface area contributed by atoms with E-state index in [1.165, 1.54) is 17.8 Å². The van der Waals surface area contributed by atoms with Gasteiger partial charge in [-0.25, -0.2) is 4.39 Å². The number of hydrogen-bond acceptors (Lipinski definition) is 4. The number of carbonyl (C=O) groups is 1. The van der Waals surface area contributed by atoms with Gasteiger partial charge in [-0.1, -0.05) is 36.0 Å². The first-order valence-electron chi connectivity index (χ1n) is 9.27. The molecule has 7 heteroatoms. The van der Waals surface area contributed by atoms with Crippen molar-refractivity contribution >= 4 is 23.4 Å². The van der Waals surface area contributed by atoms with Gasteiger partial charge in [0, 0.05) is 17.3 Å². The predicted octanol–water partition coefficient (Wildman–Crippen LogP) is 4.71. The summed E-state index contributed by atoms with van der Waals surface area (Å²) in [6.07, 6.45) is 2.23. The van der Waals surface area contributed by atoms with Crippen LogP contribution in [0, 0.1) is 12.7 Å². The molecule has 0 spiro atoms. The number of benzene rings is 2. The summed E-state index contributed by atoms with van der Waals surface area (Å²) in [5, 5.41) is 11.8. The maximum atomic E-state index is 13.7. The normalized spacial score (nSPS) is 14.7. The molecule has 1 N–H and O–H groups in total. The first kappa shape index (κ1) is 18.7. The Kier molecular flexibility index (Phi) is 5.17. The number of anilines is 1. The standard InChI is InChI=1S/C21H21FN4OS/c1-13-8-11-16(12-18(13)22)23-20(27)14(2)28-21-25-24-19(15-9-10-15)26(21)17-6-4-3-5-7-17/h3-8,11-12,14-15H,9-10H2,1-2H3,(H,23,27)/t14-/m0/s1. The van der Waals surface area contributed by atoms with Crippen molar-refractivity contribution in [3.8, 4) is 5.69 Å². The quantitative estimate of drug-likeness (QED) is 0.613. The van der Waals surface area contributed by atoms with E-state index in [0.717, 1.165) is 24.4 Å². The largest absolute Gasteiger partial charge is 0.325 e. The maximum Gasteiger partial charge on any atom is 0.237 e. The van der Waals surface area contributed by atoms with Crippen LogP contribution >= 0.6 is 11.8 Å². The Hall–Kier alpha value is -2.67. The first-order chi connectivity index (χ1) is 13.5. The van der Waals surface area contributed by atoms with Gasteiger partial charge in [-0.05, 0) is 56.5 Å². The van der Waals surface area contributed by atoms with Crippen LogP contribution in [0.15, 0.2) is 53.7 Å². The topological polar surface area (TPSA) is 59.8 Å². The number of nitrogens with one attached hydrogen (secondary N) is 1. The summed E-state index contributed by atoms with van der Waals surface area (Å²) in [6, 6.07) is 14.6. The molecule has 5 nitrogen and oxygen atoms in total. The molecule has 1 atom stereocenters. The number of aromatic nitrogens is 3. The molecule has 1 saturated carbocycles. The maximum absolute atomic E-state index is 13.7. The average Bonchev–Trinajstić information content (AvgIpc) is 3.46. The summed E-state index contributed by atoms with van der Waals surface area (Å²) in [7, 11) is 0. The summed E-state index contributed by atoms with van der Waals surface area (Å²) in [4.78, 5) is 12.6. The number of carbonyl (C=O) groups excluding carboxylic acids is 1. The number of aryl methyl sites for hydroxylation is 1. The second kappa shape index (κ2) is 7.75. The highest BCUT2D eigenvalue weighted by molar-refractivity contribution is 8.00. The molecule has 1 aliphatic rings. The van der Waals surface area contributed by atoms with Gasteiger partial charge in [0.15, 0.2) is 5.16 Å². The van der Waals surface area contributed by atoms with E-state index in [9.17, 15) is 9.18 Å². The van der Waals surface area contributed by atoms with E-state index in [1.54, 1.807) is 19.1 Å².